The minimum atomic E-state index is -0.0931. The fraction of sp³-hybridized carbons (Fsp3) is 0.818. The van der Waals surface area contributed by atoms with Crippen molar-refractivity contribution in [2.75, 3.05) is 0 Å². The van der Waals surface area contributed by atoms with Gasteiger partial charge in [0.05, 0.1) is 0 Å². The zero-order chi connectivity index (χ0) is 10.7. The largest absolute Gasteiger partial charge is 0.280 e. The van der Waals surface area contributed by atoms with Crippen molar-refractivity contribution in [1.29, 1.82) is 0 Å². The molecule has 0 aromatic carbocycles. The Morgan fingerprint density at radius 3 is 2.07 bits per heavy atom. The number of hydrogen-bond donors (Lipinski definition) is 0. The summed E-state index contributed by atoms with van der Waals surface area (Å²) in [6.07, 6.45) is 3.63. The summed E-state index contributed by atoms with van der Waals surface area (Å²) in [7, 11) is 0. The molecule has 1 fully saturated rings. The Kier molecular flexibility index (Phi) is 3.67. The first-order chi connectivity index (χ1) is 6.61. The van der Waals surface area contributed by atoms with Gasteiger partial charge in [-0.1, -0.05) is 13.8 Å². The first kappa shape index (κ1) is 11.2. The van der Waals surface area contributed by atoms with Crippen LogP contribution in [0, 0.1) is 5.92 Å². The molecule has 0 saturated heterocycles. The van der Waals surface area contributed by atoms with Gasteiger partial charge in [0.1, 0.15) is 0 Å². The van der Waals surface area contributed by atoms with E-state index in [0.29, 0.717) is 0 Å². The summed E-state index contributed by atoms with van der Waals surface area (Å²) in [6, 6.07) is 0.209. The normalized spacial score (nSPS) is 15.7. The second kappa shape index (κ2) is 4.58. The Morgan fingerprint density at radius 1 is 1.29 bits per heavy atom. The van der Waals surface area contributed by atoms with Gasteiger partial charge in [0.2, 0.25) is 11.8 Å². The van der Waals surface area contributed by atoms with Crippen LogP contribution in [0.5, 0.6) is 0 Å². The second-order valence-electron chi connectivity index (χ2n) is 3.97. The van der Waals surface area contributed by atoms with Crippen LogP contribution in [0.15, 0.2) is 0 Å². The van der Waals surface area contributed by atoms with Gasteiger partial charge < -0.3 is 0 Å². The van der Waals surface area contributed by atoms with Gasteiger partial charge in [0.25, 0.3) is 0 Å². The van der Waals surface area contributed by atoms with Gasteiger partial charge in [-0.15, -0.1) is 0 Å². The summed E-state index contributed by atoms with van der Waals surface area (Å²) in [5, 5.41) is 0. The molecule has 0 atom stereocenters. The molecule has 0 bridgehead atoms. The lowest BCUT2D eigenvalue weighted by atomic mass is 10.0. The molecule has 2 amide bonds. The van der Waals surface area contributed by atoms with Crippen molar-refractivity contribution in [3.05, 3.63) is 0 Å². The molecule has 0 N–H and O–H groups in total. The third-order valence-corrected chi connectivity index (χ3v) is 2.82. The van der Waals surface area contributed by atoms with E-state index in [1.165, 1.54) is 11.8 Å². The van der Waals surface area contributed by atoms with Gasteiger partial charge in [-0.25, -0.2) is 0 Å². The van der Waals surface area contributed by atoms with E-state index in [2.05, 4.69) is 0 Å². The van der Waals surface area contributed by atoms with E-state index >= 15 is 0 Å². The predicted molar refractivity (Wildman–Crippen MR) is 54.6 cm³/mol. The lowest BCUT2D eigenvalue weighted by Gasteiger charge is -2.23. The molecule has 1 aliphatic rings. The average Bonchev–Trinajstić information content (AvgIpc) is 2.90. The lowest BCUT2D eigenvalue weighted by Crippen LogP contribution is -2.40. The van der Waals surface area contributed by atoms with E-state index in [1.54, 1.807) is 0 Å². The number of imide groups is 1. The maximum absolute atomic E-state index is 11.9. The Hall–Kier alpha value is -0.860. The average molecular weight is 197 g/mol. The molecule has 80 valence electrons. The van der Waals surface area contributed by atoms with E-state index in [-0.39, 0.29) is 23.8 Å². The van der Waals surface area contributed by atoms with Crippen molar-refractivity contribution in [1.82, 2.24) is 4.90 Å². The molecule has 1 saturated carbocycles. The molecule has 0 spiro atoms. The van der Waals surface area contributed by atoms with Crippen LogP contribution >= 0.6 is 0 Å². The van der Waals surface area contributed by atoms with E-state index in [1.807, 2.05) is 13.8 Å². The van der Waals surface area contributed by atoms with Crippen molar-refractivity contribution >= 4 is 11.8 Å². The number of carbonyl (C=O) groups excluding carboxylic acids is 2. The van der Waals surface area contributed by atoms with E-state index in [4.69, 9.17) is 0 Å². The van der Waals surface area contributed by atoms with Gasteiger partial charge in [0, 0.05) is 18.9 Å². The number of nitrogens with zero attached hydrogens (tertiary/aromatic N) is 1. The van der Waals surface area contributed by atoms with Gasteiger partial charge in [-0.2, -0.15) is 0 Å². The van der Waals surface area contributed by atoms with Crippen molar-refractivity contribution < 1.29 is 9.59 Å². The molecule has 3 heteroatoms. The highest BCUT2D eigenvalue weighted by molar-refractivity contribution is 5.96. The molecule has 0 aromatic heterocycles. The number of amides is 2. The van der Waals surface area contributed by atoms with Crippen LogP contribution < -0.4 is 0 Å². The topological polar surface area (TPSA) is 37.4 Å². The smallest absolute Gasteiger partial charge is 0.232 e. The standard InChI is InChI=1S/C11H19NO2/c1-4-9(5-2)11(14)12(8(3)13)10-6-7-10/h9-10H,4-7H2,1-3H3. The minimum absolute atomic E-state index is 0.0273. The predicted octanol–water partition coefficient (Wildman–Crippen LogP) is 1.96. The summed E-state index contributed by atoms with van der Waals surface area (Å²) in [6.45, 7) is 5.48. The molecule has 0 unspecified atom stereocenters. The molecule has 0 radical (unpaired) electrons. The zero-order valence-corrected chi connectivity index (χ0v) is 9.25. The Morgan fingerprint density at radius 2 is 1.79 bits per heavy atom. The summed E-state index contributed by atoms with van der Waals surface area (Å²) in [4.78, 5) is 24.7. The summed E-state index contributed by atoms with van der Waals surface area (Å²) in [5.74, 6) is -0.0334. The van der Waals surface area contributed by atoms with Crippen molar-refractivity contribution in [2.24, 2.45) is 5.92 Å². The van der Waals surface area contributed by atoms with Crippen molar-refractivity contribution in [2.45, 2.75) is 52.5 Å². The Balaban J connectivity index is 2.67. The first-order valence-corrected chi connectivity index (χ1v) is 5.45. The Labute approximate surface area is 85.5 Å². The molecule has 3 nitrogen and oxygen atoms in total. The quantitative estimate of drug-likeness (QED) is 0.691. The molecular weight excluding hydrogens is 178 g/mol. The molecule has 1 aliphatic carbocycles. The summed E-state index contributed by atoms with van der Waals surface area (Å²) < 4.78 is 0. The Bertz CT molecular complexity index is 229. The fourth-order valence-electron chi connectivity index (χ4n) is 1.76. The number of carbonyl (C=O) groups is 2. The van der Waals surface area contributed by atoms with Gasteiger partial charge in [-0.3, -0.25) is 14.5 Å². The SMILES string of the molecule is CCC(CC)C(=O)N(C(C)=O)C1CC1. The van der Waals surface area contributed by atoms with Crippen LogP contribution in [0.25, 0.3) is 0 Å². The lowest BCUT2D eigenvalue weighted by molar-refractivity contribution is -0.147. The van der Waals surface area contributed by atoms with Crippen LogP contribution in [-0.2, 0) is 9.59 Å². The molecule has 14 heavy (non-hydrogen) atoms. The second-order valence-corrected chi connectivity index (χ2v) is 3.97. The van der Waals surface area contributed by atoms with E-state index in [0.717, 1.165) is 25.7 Å². The van der Waals surface area contributed by atoms with Crippen LogP contribution in [0.3, 0.4) is 0 Å². The highest BCUT2D eigenvalue weighted by Gasteiger charge is 2.37. The minimum Gasteiger partial charge on any atom is -0.280 e. The molecule has 0 heterocycles. The molecule has 0 aliphatic heterocycles. The van der Waals surface area contributed by atoms with E-state index in [9.17, 15) is 9.59 Å². The van der Waals surface area contributed by atoms with Crippen molar-refractivity contribution in [3.63, 3.8) is 0 Å². The van der Waals surface area contributed by atoms with Crippen LogP contribution in [0.4, 0.5) is 0 Å². The third kappa shape index (κ3) is 2.34. The maximum atomic E-state index is 11.9. The van der Waals surface area contributed by atoms with Gasteiger partial charge >= 0.3 is 0 Å². The van der Waals surface area contributed by atoms with Crippen molar-refractivity contribution in [3.8, 4) is 0 Å². The van der Waals surface area contributed by atoms with E-state index < -0.39 is 0 Å². The zero-order valence-electron chi connectivity index (χ0n) is 9.25. The molecule has 1 rings (SSSR count). The first-order valence-electron chi connectivity index (χ1n) is 5.45. The fourth-order valence-corrected chi connectivity index (χ4v) is 1.76. The monoisotopic (exact) mass is 197 g/mol. The highest BCUT2D eigenvalue weighted by Crippen LogP contribution is 2.29. The van der Waals surface area contributed by atoms with Crippen LogP contribution in [-0.4, -0.2) is 22.8 Å². The number of hydrogen-bond acceptors (Lipinski definition) is 2. The van der Waals surface area contributed by atoms with Gasteiger partial charge in [0.15, 0.2) is 0 Å². The molecule has 0 aromatic rings. The van der Waals surface area contributed by atoms with Crippen LogP contribution in [0.2, 0.25) is 0 Å². The maximum Gasteiger partial charge on any atom is 0.232 e. The highest BCUT2D eigenvalue weighted by atomic mass is 16.2. The van der Waals surface area contributed by atoms with Gasteiger partial charge in [-0.05, 0) is 25.7 Å². The number of rotatable bonds is 4. The third-order valence-electron chi connectivity index (χ3n) is 2.82. The summed E-state index contributed by atoms with van der Waals surface area (Å²) >= 11 is 0. The van der Waals surface area contributed by atoms with Crippen LogP contribution in [0.1, 0.15) is 46.5 Å². The molecular formula is C11H19NO2. The summed E-state index contributed by atoms with van der Waals surface area (Å²) in [5.41, 5.74) is 0.